The predicted molar refractivity (Wildman–Crippen MR) is 57.2 cm³/mol. The maximum Gasteiger partial charge on any atom is 0.207 e. The number of fused-ring (bicyclic) bond motifs is 1. The van der Waals surface area contributed by atoms with Crippen LogP contribution in [0.25, 0.3) is 17.2 Å². The first-order valence-corrected chi connectivity index (χ1v) is 4.82. The lowest BCUT2D eigenvalue weighted by Gasteiger charge is -2.03. The van der Waals surface area contributed by atoms with E-state index < -0.39 is 0 Å². The fraction of sp³-hybridized carbons (Fsp3) is 0.0909. The minimum absolute atomic E-state index is 0.637. The smallest absolute Gasteiger partial charge is 0.207 e. The standard InChI is InChI=1S/C11H9N3O2/c1-15-10-6-2-5-9-12-13-11(14(9)10)8-4-3-7-16-8/h2-7H,1H3. The summed E-state index contributed by atoms with van der Waals surface area (Å²) >= 11 is 0. The van der Waals surface area contributed by atoms with Gasteiger partial charge in [0, 0.05) is 0 Å². The molecule has 0 aliphatic carbocycles. The maximum absolute atomic E-state index is 5.31. The molecule has 0 spiro atoms. The first-order chi connectivity index (χ1) is 7.90. The van der Waals surface area contributed by atoms with Crippen LogP contribution >= 0.6 is 0 Å². The molecule has 16 heavy (non-hydrogen) atoms. The fourth-order valence-electron chi connectivity index (χ4n) is 1.64. The molecule has 3 aromatic heterocycles. The van der Waals surface area contributed by atoms with E-state index in [9.17, 15) is 0 Å². The molecule has 5 heteroatoms. The van der Waals surface area contributed by atoms with Gasteiger partial charge in [-0.25, -0.2) is 4.40 Å². The van der Waals surface area contributed by atoms with E-state index in [4.69, 9.17) is 9.15 Å². The molecule has 3 aromatic rings. The summed E-state index contributed by atoms with van der Waals surface area (Å²) < 4.78 is 12.4. The van der Waals surface area contributed by atoms with Crippen molar-refractivity contribution >= 4 is 5.65 Å². The Kier molecular flexibility index (Phi) is 1.89. The Bertz CT molecular complexity index is 613. The maximum atomic E-state index is 5.31. The number of ether oxygens (including phenoxy) is 1. The first kappa shape index (κ1) is 8.96. The Morgan fingerprint density at radius 3 is 2.88 bits per heavy atom. The van der Waals surface area contributed by atoms with Gasteiger partial charge in [-0.2, -0.15) is 0 Å². The Morgan fingerprint density at radius 2 is 2.12 bits per heavy atom. The molecule has 3 rings (SSSR count). The minimum atomic E-state index is 0.637. The summed E-state index contributed by atoms with van der Waals surface area (Å²) in [5, 5.41) is 8.14. The summed E-state index contributed by atoms with van der Waals surface area (Å²) in [6, 6.07) is 9.23. The van der Waals surface area contributed by atoms with E-state index in [2.05, 4.69) is 10.2 Å². The van der Waals surface area contributed by atoms with Crippen LogP contribution in [0, 0.1) is 0 Å². The van der Waals surface area contributed by atoms with Crippen molar-refractivity contribution in [1.29, 1.82) is 0 Å². The molecule has 0 aromatic carbocycles. The molecule has 80 valence electrons. The van der Waals surface area contributed by atoms with Crippen LogP contribution in [0.4, 0.5) is 0 Å². The van der Waals surface area contributed by atoms with Gasteiger partial charge >= 0.3 is 0 Å². The van der Waals surface area contributed by atoms with Crippen molar-refractivity contribution in [3.8, 4) is 17.5 Å². The number of aromatic nitrogens is 3. The zero-order chi connectivity index (χ0) is 11.0. The van der Waals surface area contributed by atoms with Crippen LogP contribution in [-0.4, -0.2) is 21.7 Å². The summed E-state index contributed by atoms with van der Waals surface area (Å²) in [7, 11) is 1.61. The molecule has 0 saturated heterocycles. The highest BCUT2D eigenvalue weighted by molar-refractivity contribution is 5.55. The largest absolute Gasteiger partial charge is 0.482 e. The number of rotatable bonds is 2. The summed E-state index contributed by atoms with van der Waals surface area (Å²) in [5.41, 5.74) is 0.728. The van der Waals surface area contributed by atoms with Gasteiger partial charge in [0.05, 0.1) is 13.4 Å². The van der Waals surface area contributed by atoms with Gasteiger partial charge in [-0.1, -0.05) is 6.07 Å². The van der Waals surface area contributed by atoms with Crippen LogP contribution in [0.15, 0.2) is 41.0 Å². The van der Waals surface area contributed by atoms with E-state index in [-0.39, 0.29) is 0 Å². The second kappa shape index (κ2) is 3.37. The van der Waals surface area contributed by atoms with E-state index in [1.165, 1.54) is 0 Å². The van der Waals surface area contributed by atoms with E-state index in [0.717, 1.165) is 5.65 Å². The molecule has 0 aliphatic heterocycles. The van der Waals surface area contributed by atoms with Gasteiger partial charge in [-0.05, 0) is 24.3 Å². The molecule has 0 radical (unpaired) electrons. The molecule has 0 N–H and O–H groups in total. The first-order valence-electron chi connectivity index (χ1n) is 4.82. The van der Waals surface area contributed by atoms with Crippen LogP contribution in [0.5, 0.6) is 5.88 Å². The monoisotopic (exact) mass is 215 g/mol. The molecule has 0 fully saturated rings. The predicted octanol–water partition coefficient (Wildman–Crippen LogP) is 2.00. The summed E-state index contributed by atoms with van der Waals surface area (Å²) in [6.07, 6.45) is 1.60. The van der Waals surface area contributed by atoms with Gasteiger partial charge in [0.25, 0.3) is 0 Å². The number of pyridine rings is 1. The number of hydrogen-bond acceptors (Lipinski definition) is 4. The van der Waals surface area contributed by atoms with Gasteiger partial charge in [0.15, 0.2) is 11.4 Å². The van der Waals surface area contributed by atoms with Crippen LogP contribution < -0.4 is 4.74 Å². The summed E-state index contributed by atoms with van der Waals surface area (Å²) in [5.74, 6) is 1.98. The van der Waals surface area contributed by atoms with Crippen molar-refractivity contribution < 1.29 is 9.15 Å². The zero-order valence-corrected chi connectivity index (χ0v) is 8.62. The number of methoxy groups -OCH3 is 1. The van der Waals surface area contributed by atoms with Crippen molar-refractivity contribution in [2.45, 2.75) is 0 Å². The normalized spacial score (nSPS) is 10.8. The molecule has 3 heterocycles. The Labute approximate surface area is 91.3 Å². The highest BCUT2D eigenvalue weighted by atomic mass is 16.5. The molecular weight excluding hydrogens is 206 g/mol. The Balaban J connectivity index is 2.34. The van der Waals surface area contributed by atoms with Crippen LogP contribution in [-0.2, 0) is 0 Å². The van der Waals surface area contributed by atoms with Gasteiger partial charge in [0.1, 0.15) is 0 Å². The Hall–Kier alpha value is -2.30. The van der Waals surface area contributed by atoms with Gasteiger partial charge < -0.3 is 9.15 Å². The molecule has 0 saturated carbocycles. The quantitative estimate of drug-likeness (QED) is 0.656. The molecule has 5 nitrogen and oxygen atoms in total. The van der Waals surface area contributed by atoms with E-state index in [0.29, 0.717) is 17.5 Å². The van der Waals surface area contributed by atoms with Gasteiger partial charge in [-0.3, -0.25) is 0 Å². The van der Waals surface area contributed by atoms with Gasteiger partial charge in [-0.15, -0.1) is 10.2 Å². The fourth-order valence-corrected chi connectivity index (χ4v) is 1.64. The zero-order valence-electron chi connectivity index (χ0n) is 8.62. The highest BCUT2D eigenvalue weighted by Crippen LogP contribution is 2.23. The average Bonchev–Trinajstić information content (AvgIpc) is 2.96. The van der Waals surface area contributed by atoms with Crippen LogP contribution in [0.2, 0.25) is 0 Å². The van der Waals surface area contributed by atoms with E-state index in [1.54, 1.807) is 17.8 Å². The molecule has 0 atom stereocenters. The van der Waals surface area contributed by atoms with Crippen molar-refractivity contribution in [2.24, 2.45) is 0 Å². The van der Waals surface area contributed by atoms with Gasteiger partial charge in [0.2, 0.25) is 11.7 Å². The lowest BCUT2D eigenvalue weighted by molar-refractivity contribution is 0.392. The third kappa shape index (κ3) is 1.18. The van der Waals surface area contributed by atoms with Crippen LogP contribution in [0.3, 0.4) is 0 Å². The molecule has 0 amide bonds. The van der Waals surface area contributed by atoms with E-state index in [1.807, 2.05) is 30.3 Å². The SMILES string of the molecule is COc1cccc2nnc(-c3ccco3)n12. The second-order valence-electron chi connectivity index (χ2n) is 3.26. The molecule has 0 bridgehead atoms. The highest BCUT2D eigenvalue weighted by Gasteiger charge is 2.13. The van der Waals surface area contributed by atoms with Crippen LogP contribution in [0.1, 0.15) is 0 Å². The summed E-state index contributed by atoms with van der Waals surface area (Å²) in [4.78, 5) is 0. The minimum Gasteiger partial charge on any atom is -0.482 e. The van der Waals surface area contributed by atoms with Crippen molar-refractivity contribution in [2.75, 3.05) is 7.11 Å². The molecule has 0 unspecified atom stereocenters. The lowest BCUT2D eigenvalue weighted by atomic mass is 10.4. The second-order valence-corrected chi connectivity index (χ2v) is 3.26. The molecule has 0 aliphatic rings. The number of furan rings is 1. The lowest BCUT2D eigenvalue weighted by Crippen LogP contribution is -1.95. The molecular formula is C11H9N3O2. The topological polar surface area (TPSA) is 52.6 Å². The Morgan fingerprint density at radius 1 is 1.19 bits per heavy atom. The third-order valence-electron chi connectivity index (χ3n) is 2.34. The van der Waals surface area contributed by atoms with Crippen molar-refractivity contribution in [3.63, 3.8) is 0 Å². The van der Waals surface area contributed by atoms with E-state index >= 15 is 0 Å². The third-order valence-corrected chi connectivity index (χ3v) is 2.34. The average molecular weight is 215 g/mol. The number of nitrogens with zero attached hydrogens (tertiary/aromatic N) is 3. The summed E-state index contributed by atoms with van der Waals surface area (Å²) in [6.45, 7) is 0. The number of hydrogen-bond donors (Lipinski definition) is 0. The van der Waals surface area contributed by atoms with Crippen molar-refractivity contribution in [3.05, 3.63) is 36.6 Å². The van der Waals surface area contributed by atoms with Crippen molar-refractivity contribution in [1.82, 2.24) is 14.6 Å².